The second kappa shape index (κ2) is 34.5. The van der Waals surface area contributed by atoms with Gasteiger partial charge in [-0.3, -0.25) is 0 Å². The van der Waals surface area contributed by atoms with Crippen LogP contribution in [0, 0.1) is 5.92 Å². The summed E-state index contributed by atoms with van der Waals surface area (Å²) in [5, 5.41) is 9.60. The van der Waals surface area contributed by atoms with Gasteiger partial charge in [-0.05, 0) is 6.42 Å². The average molecular weight is 379 g/mol. The molecule has 0 aliphatic rings. The Balaban J connectivity index is -0.0000000963. The fourth-order valence-corrected chi connectivity index (χ4v) is 1.58. The molecule has 0 aromatic carbocycles. The molecular weight excluding hydrogens is 328 g/mol. The number of thiol groups is 1. The third-order valence-corrected chi connectivity index (χ3v) is 2.81. The van der Waals surface area contributed by atoms with Gasteiger partial charge in [0, 0.05) is 25.9 Å². The molecule has 24 heavy (non-hydrogen) atoms. The van der Waals surface area contributed by atoms with Crippen LogP contribution in [0.15, 0.2) is 0 Å². The Morgan fingerprint density at radius 1 is 0.750 bits per heavy atom. The number of aliphatic hydroxyl groups excluding tert-OH is 1. The lowest BCUT2D eigenvalue weighted by atomic mass is 10.0. The van der Waals surface area contributed by atoms with Crippen LogP contribution in [0.5, 0.6) is 0 Å². The van der Waals surface area contributed by atoms with Gasteiger partial charge >= 0.3 is 0 Å². The Labute approximate surface area is 159 Å². The Morgan fingerprint density at radius 3 is 1.42 bits per heavy atom. The summed E-state index contributed by atoms with van der Waals surface area (Å²) in [4.78, 5) is 0. The fraction of sp³-hybridized carbons (Fsp3) is 1.00. The van der Waals surface area contributed by atoms with E-state index in [1.165, 1.54) is 0 Å². The van der Waals surface area contributed by atoms with E-state index in [2.05, 4.69) is 12.6 Å². The molecule has 1 N–H and O–H groups in total. The molecule has 0 rings (SSSR count). The third kappa shape index (κ3) is 30.1. The molecule has 0 aliphatic heterocycles. The smallest absolute Gasteiger partial charge is 0.0700 e. The first kappa shape index (κ1) is 44.0. The third-order valence-electron chi connectivity index (χ3n) is 2.39. The second-order valence-electron chi connectivity index (χ2n) is 4.07. The maximum atomic E-state index is 9.60. The topological polar surface area (TPSA) is 57.2 Å². The van der Waals surface area contributed by atoms with Crippen molar-refractivity contribution in [2.45, 2.75) is 57.1 Å². The van der Waals surface area contributed by atoms with E-state index in [1.54, 1.807) is 14.2 Å². The van der Waals surface area contributed by atoms with Crippen LogP contribution in [0.2, 0.25) is 0 Å². The number of aliphatic hydroxyl groups is 1. The Morgan fingerprint density at radius 2 is 1.12 bits per heavy atom. The zero-order valence-electron chi connectivity index (χ0n) is 11.3. The molecule has 1 atom stereocenters. The molecule has 0 saturated carbocycles. The maximum Gasteiger partial charge on any atom is 0.0700 e. The van der Waals surface area contributed by atoms with Gasteiger partial charge in [0.15, 0.2) is 0 Å². The number of hydrogen-bond acceptors (Lipinski definition) is 6. The molecule has 6 heteroatoms. The second-order valence-corrected chi connectivity index (χ2v) is 4.44. The van der Waals surface area contributed by atoms with Crippen molar-refractivity contribution < 1.29 is 24.1 Å². The molecule has 0 heterocycles. The largest absolute Gasteiger partial charge is 0.392 e. The van der Waals surface area contributed by atoms with Crippen LogP contribution in [-0.2, 0) is 18.9 Å². The summed E-state index contributed by atoms with van der Waals surface area (Å²) in [5.41, 5.74) is 0. The van der Waals surface area contributed by atoms with Crippen molar-refractivity contribution in [1.29, 1.82) is 0 Å². The fourth-order valence-electron chi connectivity index (χ4n) is 1.43. The van der Waals surface area contributed by atoms with Crippen LogP contribution >= 0.6 is 12.6 Å². The van der Waals surface area contributed by atoms with Crippen LogP contribution in [0.1, 0.15) is 51.0 Å². The van der Waals surface area contributed by atoms with Gasteiger partial charge in [0.1, 0.15) is 0 Å². The molecule has 158 valence electrons. The van der Waals surface area contributed by atoms with Crippen LogP contribution in [0.25, 0.3) is 0 Å². The van der Waals surface area contributed by atoms with Crippen molar-refractivity contribution in [1.82, 2.24) is 0 Å². The van der Waals surface area contributed by atoms with Gasteiger partial charge in [-0.1, -0.05) is 44.6 Å². The van der Waals surface area contributed by atoms with Gasteiger partial charge in [-0.15, -0.1) is 0 Å². The molecular formula is C18H50O5S. The zero-order chi connectivity index (χ0) is 13.6. The number of hydrogen-bond donors (Lipinski definition) is 2. The first-order valence-corrected chi connectivity index (χ1v) is 6.80. The van der Waals surface area contributed by atoms with E-state index < -0.39 is 6.10 Å². The molecule has 0 aromatic rings. The summed E-state index contributed by atoms with van der Waals surface area (Å²) in [5.74, 6) is 0.618. The van der Waals surface area contributed by atoms with E-state index in [1.807, 2.05) is 0 Å². The van der Waals surface area contributed by atoms with E-state index in [-0.39, 0.29) is 50.5 Å². The van der Waals surface area contributed by atoms with Crippen molar-refractivity contribution in [2.75, 3.05) is 59.6 Å². The van der Waals surface area contributed by atoms with Gasteiger partial charge in [0.2, 0.25) is 0 Å². The molecule has 0 amide bonds. The predicted molar refractivity (Wildman–Crippen MR) is 114 cm³/mol. The van der Waals surface area contributed by atoms with Gasteiger partial charge < -0.3 is 24.1 Å². The molecule has 0 fully saturated rings. The molecule has 0 saturated heterocycles. The van der Waals surface area contributed by atoms with Crippen LogP contribution in [-0.4, -0.2) is 70.8 Å². The van der Waals surface area contributed by atoms with Crippen molar-refractivity contribution in [3.8, 4) is 0 Å². The summed E-state index contributed by atoms with van der Waals surface area (Å²) >= 11 is 4.07. The summed E-state index contributed by atoms with van der Waals surface area (Å²) in [7, 11) is 3.28. The summed E-state index contributed by atoms with van der Waals surface area (Å²) in [6, 6.07) is 0. The monoisotopic (exact) mass is 378 g/mol. The summed E-state index contributed by atoms with van der Waals surface area (Å²) in [6.45, 7) is 3.38. The Hall–Kier alpha value is 0.150. The molecule has 0 radical (unpaired) electrons. The van der Waals surface area contributed by atoms with Crippen molar-refractivity contribution >= 4 is 12.6 Å². The molecule has 1 unspecified atom stereocenters. The summed E-state index contributed by atoms with van der Waals surface area (Å²) < 4.78 is 20.7. The average Bonchev–Trinajstić information content (AvgIpc) is 2.39. The Kier molecular flexibility index (Phi) is 63.2. The first-order valence-electron chi connectivity index (χ1n) is 6.16. The SMILES string of the molecule is C.C.C.C.C.C.COCCOCC(COCCOC)CC(O)CS. The van der Waals surface area contributed by atoms with E-state index in [4.69, 9.17) is 18.9 Å². The highest BCUT2D eigenvalue weighted by atomic mass is 32.1. The first-order chi connectivity index (χ1) is 8.74. The van der Waals surface area contributed by atoms with Gasteiger partial charge in [-0.25, -0.2) is 0 Å². The van der Waals surface area contributed by atoms with Crippen LogP contribution in [0.4, 0.5) is 0 Å². The van der Waals surface area contributed by atoms with E-state index in [9.17, 15) is 5.11 Å². The number of methoxy groups -OCH3 is 2. The van der Waals surface area contributed by atoms with Crippen molar-refractivity contribution in [3.05, 3.63) is 0 Å². The molecule has 0 aromatic heterocycles. The minimum atomic E-state index is -0.421. The minimum absolute atomic E-state index is 0. The van der Waals surface area contributed by atoms with E-state index in [0.717, 1.165) is 0 Å². The van der Waals surface area contributed by atoms with Crippen molar-refractivity contribution in [3.63, 3.8) is 0 Å². The van der Waals surface area contributed by atoms with Gasteiger partial charge in [0.05, 0.1) is 45.7 Å². The maximum absolute atomic E-state index is 9.60. The van der Waals surface area contributed by atoms with E-state index >= 15 is 0 Å². The lowest BCUT2D eigenvalue weighted by Crippen LogP contribution is -2.24. The molecule has 0 aliphatic carbocycles. The number of rotatable bonds is 13. The highest BCUT2D eigenvalue weighted by molar-refractivity contribution is 7.80. The van der Waals surface area contributed by atoms with Crippen LogP contribution < -0.4 is 0 Å². The molecule has 5 nitrogen and oxygen atoms in total. The van der Waals surface area contributed by atoms with Crippen molar-refractivity contribution in [2.24, 2.45) is 5.92 Å². The lowest BCUT2D eigenvalue weighted by Gasteiger charge is -2.19. The molecule has 0 spiro atoms. The summed E-state index contributed by atoms with van der Waals surface area (Å²) in [6.07, 6.45) is 0.207. The van der Waals surface area contributed by atoms with Crippen LogP contribution in [0.3, 0.4) is 0 Å². The standard InChI is InChI=1S/C12H26O5S.6CH4/c1-14-3-5-16-8-11(7-12(13)10-18)9-17-6-4-15-2;;;;;;/h11-13,18H,3-10H2,1-2H3;6*1H4. The zero-order valence-corrected chi connectivity index (χ0v) is 12.2. The van der Waals surface area contributed by atoms with Gasteiger partial charge in [-0.2, -0.15) is 12.6 Å². The number of ether oxygens (including phenoxy) is 4. The highest BCUT2D eigenvalue weighted by Gasteiger charge is 2.14. The minimum Gasteiger partial charge on any atom is -0.392 e. The quantitative estimate of drug-likeness (QED) is 0.367. The normalized spacial score (nSPS) is 9.88. The van der Waals surface area contributed by atoms with Gasteiger partial charge in [0.25, 0.3) is 0 Å². The Bertz CT molecular complexity index is 161. The predicted octanol–water partition coefficient (Wildman–Crippen LogP) is 4.43. The molecule has 0 bridgehead atoms. The lowest BCUT2D eigenvalue weighted by molar-refractivity contribution is -0.00522. The van der Waals surface area contributed by atoms with E-state index in [0.29, 0.717) is 51.8 Å². The highest BCUT2D eigenvalue weighted by Crippen LogP contribution is 2.10.